The Labute approximate surface area is 260 Å². The van der Waals surface area contributed by atoms with E-state index in [1.165, 1.54) is 6.92 Å². The van der Waals surface area contributed by atoms with Crippen molar-refractivity contribution in [3.05, 3.63) is 34.9 Å². The number of ketones is 1. The lowest BCUT2D eigenvalue weighted by molar-refractivity contribution is -0.165. The number of fused-ring (bicyclic) bond motifs is 1. The van der Waals surface area contributed by atoms with Crippen molar-refractivity contribution in [2.24, 2.45) is 11.8 Å². The number of nitrogens with one attached hydrogen (secondary N) is 2. The van der Waals surface area contributed by atoms with Gasteiger partial charge in [-0.05, 0) is 44.6 Å². The molecule has 3 heterocycles. The molecule has 0 aromatic carbocycles. The number of allylic oxidation sites excluding steroid dienone is 1. The lowest BCUT2D eigenvalue weighted by atomic mass is 9.87. The van der Waals surface area contributed by atoms with Crippen molar-refractivity contribution in [1.82, 2.24) is 10.6 Å². The van der Waals surface area contributed by atoms with Gasteiger partial charge in [0.25, 0.3) is 0 Å². The van der Waals surface area contributed by atoms with Gasteiger partial charge < -0.3 is 35.4 Å². The van der Waals surface area contributed by atoms with Crippen molar-refractivity contribution < 1.29 is 44.0 Å². The molecule has 2 amide bonds. The maximum Gasteiger partial charge on any atom is 0.330 e. The summed E-state index contributed by atoms with van der Waals surface area (Å²) in [5.41, 5.74) is 1.08. The maximum atomic E-state index is 12.6. The quantitative estimate of drug-likeness (QED) is 0.0551. The van der Waals surface area contributed by atoms with Crippen molar-refractivity contribution in [3.63, 3.8) is 0 Å². The highest BCUT2D eigenvalue weighted by Gasteiger charge is 2.43. The second kappa shape index (κ2) is 17.4. The molecular weight excluding hydrogens is 596 g/mol. The van der Waals surface area contributed by atoms with Gasteiger partial charge in [0.15, 0.2) is 5.78 Å². The minimum Gasteiger partial charge on any atom is -0.463 e. The Hall–Kier alpha value is -2.16. The molecule has 5 N–H and O–H groups in total. The van der Waals surface area contributed by atoms with E-state index < -0.39 is 48.1 Å². The summed E-state index contributed by atoms with van der Waals surface area (Å²) in [5.74, 6) is -1.99. The molecule has 2 unspecified atom stereocenters. The van der Waals surface area contributed by atoms with Gasteiger partial charge in [-0.25, -0.2) is 4.79 Å². The van der Waals surface area contributed by atoms with E-state index in [9.17, 15) is 34.5 Å². The Bertz CT molecular complexity index is 1090. The molecule has 13 heteroatoms. The average molecular weight is 641 g/mol. The van der Waals surface area contributed by atoms with Crippen LogP contribution in [0, 0.1) is 11.8 Å². The third-order valence-corrected chi connectivity index (χ3v) is 10.3. The van der Waals surface area contributed by atoms with Gasteiger partial charge in [-0.15, -0.1) is 0 Å². The van der Waals surface area contributed by atoms with E-state index in [1.54, 1.807) is 34.6 Å². The average Bonchev–Trinajstić information content (AvgIpc) is 3.53. The van der Waals surface area contributed by atoms with Crippen LogP contribution in [-0.4, -0.2) is 87.8 Å². The van der Waals surface area contributed by atoms with Gasteiger partial charge in [-0.3, -0.25) is 14.4 Å². The number of esters is 1. The molecule has 0 saturated carbocycles. The molecule has 3 aliphatic rings. The molecule has 0 bridgehead atoms. The predicted octanol–water partition coefficient (Wildman–Crippen LogP) is 2.31. The summed E-state index contributed by atoms with van der Waals surface area (Å²) in [6, 6.07) is -0.522. The monoisotopic (exact) mass is 640 g/mol. The molecule has 0 spiro atoms. The molecule has 3 rings (SSSR count). The van der Waals surface area contributed by atoms with Crippen molar-refractivity contribution >= 4 is 45.2 Å². The van der Waals surface area contributed by atoms with Crippen LogP contribution < -0.4 is 10.6 Å². The lowest BCUT2D eigenvalue weighted by Gasteiger charge is -2.34. The van der Waals surface area contributed by atoms with Gasteiger partial charge in [0.05, 0.1) is 24.6 Å². The third kappa shape index (κ3) is 10.5. The number of carbonyl (C=O) groups is 4. The molecule has 8 atom stereocenters. The SMILES string of the molecule is C/C(=C\C(=O)OCCCCCCCC(=O)NC1C(=O)NC2=CSSC21)[C@@H](O)[C@@H]1OC[C@H](C/C=C/[C@@H](C)[C@H](C)O)C(=O)[C@H]1O. The summed E-state index contributed by atoms with van der Waals surface area (Å²) >= 11 is 0. The van der Waals surface area contributed by atoms with Gasteiger partial charge in [0.2, 0.25) is 11.8 Å². The summed E-state index contributed by atoms with van der Waals surface area (Å²) in [5, 5.41) is 38.2. The number of aliphatic hydroxyl groups excluding tert-OH is 3. The van der Waals surface area contributed by atoms with Crippen LogP contribution in [0.1, 0.15) is 65.7 Å². The first-order chi connectivity index (χ1) is 20.5. The molecule has 0 aliphatic carbocycles. The number of hydrogen-bond acceptors (Lipinski definition) is 11. The highest BCUT2D eigenvalue weighted by atomic mass is 33.1. The van der Waals surface area contributed by atoms with Crippen molar-refractivity contribution in [3.8, 4) is 0 Å². The molecule has 0 radical (unpaired) electrons. The Kier molecular flexibility index (Phi) is 14.3. The van der Waals surface area contributed by atoms with Crippen LogP contribution in [0.15, 0.2) is 34.9 Å². The van der Waals surface area contributed by atoms with Crippen LogP contribution in [0.2, 0.25) is 0 Å². The zero-order valence-corrected chi connectivity index (χ0v) is 26.5. The van der Waals surface area contributed by atoms with E-state index in [0.717, 1.165) is 31.0 Å². The Morgan fingerprint density at radius 1 is 1.19 bits per heavy atom. The lowest BCUT2D eigenvalue weighted by Crippen LogP contribution is -2.52. The zero-order valence-electron chi connectivity index (χ0n) is 24.9. The third-order valence-electron chi connectivity index (χ3n) is 7.84. The number of amides is 2. The minimum atomic E-state index is -1.53. The summed E-state index contributed by atoms with van der Waals surface area (Å²) in [7, 11) is 3.12. The number of Topliss-reactive ketones (excluding diaryl/α,β-unsaturated/α-hetero) is 1. The van der Waals surface area contributed by atoms with Crippen molar-refractivity contribution in [2.75, 3.05) is 13.2 Å². The van der Waals surface area contributed by atoms with Gasteiger partial charge in [0, 0.05) is 29.5 Å². The minimum absolute atomic E-state index is 0.0302. The molecule has 2 fully saturated rings. The topological polar surface area (TPSA) is 171 Å². The van der Waals surface area contributed by atoms with Gasteiger partial charge >= 0.3 is 5.97 Å². The van der Waals surface area contributed by atoms with Crippen LogP contribution >= 0.6 is 21.6 Å². The van der Waals surface area contributed by atoms with E-state index in [2.05, 4.69) is 10.6 Å². The number of ether oxygens (including phenoxy) is 2. The molecular formula is C30H44N2O9S2. The first-order valence-corrected chi connectivity index (χ1v) is 17.1. The van der Waals surface area contributed by atoms with E-state index in [4.69, 9.17) is 9.47 Å². The molecule has 2 saturated heterocycles. The standard InChI is InChI=1S/C30H44N2O9S2/c1-17(19(3)33)10-9-11-20-15-41-28(27(38)26(20)37)25(36)18(2)14-23(35)40-13-8-6-4-5-7-12-22(34)32-24-29-21(16-42-43-29)31-30(24)39/h9-10,14,16-17,19-20,24-25,27-29,33,36,38H,4-8,11-13,15H2,1-3H3,(H,31,39)(H,32,34)/b10-9+,18-14+/t17-,19+,20+,24?,25-,27-,28+,29?/m1/s1. The van der Waals surface area contributed by atoms with Gasteiger partial charge in [-0.1, -0.05) is 59.9 Å². The zero-order chi connectivity index (χ0) is 31.5. The Morgan fingerprint density at radius 3 is 2.65 bits per heavy atom. The van der Waals surface area contributed by atoms with Crippen LogP contribution in [0.4, 0.5) is 0 Å². The summed E-state index contributed by atoms with van der Waals surface area (Å²) in [6.45, 7) is 5.28. The van der Waals surface area contributed by atoms with Crippen molar-refractivity contribution in [2.45, 2.75) is 101 Å². The highest BCUT2D eigenvalue weighted by molar-refractivity contribution is 8.78. The van der Waals surface area contributed by atoms with Crippen LogP contribution in [0.5, 0.6) is 0 Å². The second-order valence-electron chi connectivity index (χ2n) is 11.3. The van der Waals surface area contributed by atoms with E-state index in [-0.39, 0.29) is 41.8 Å². The van der Waals surface area contributed by atoms with Gasteiger partial charge in [-0.2, -0.15) is 0 Å². The number of rotatable bonds is 16. The number of hydrogen-bond donors (Lipinski definition) is 5. The molecule has 43 heavy (non-hydrogen) atoms. The maximum absolute atomic E-state index is 12.6. The second-order valence-corrected chi connectivity index (χ2v) is 13.6. The molecule has 240 valence electrons. The summed E-state index contributed by atoms with van der Waals surface area (Å²) < 4.78 is 10.8. The fourth-order valence-electron chi connectivity index (χ4n) is 4.87. The van der Waals surface area contributed by atoms with E-state index >= 15 is 0 Å². The molecule has 11 nitrogen and oxygen atoms in total. The molecule has 3 aliphatic heterocycles. The Morgan fingerprint density at radius 2 is 1.91 bits per heavy atom. The molecule has 0 aromatic rings. The smallest absolute Gasteiger partial charge is 0.330 e. The normalized spacial score (nSPS) is 27.8. The van der Waals surface area contributed by atoms with Crippen LogP contribution in [-0.2, 0) is 28.7 Å². The van der Waals surface area contributed by atoms with Crippen LogP contribution in [0.3, 0.4) is 0 Å². The fourth-order valence-corrected chi connectivity index (χ4v) is 7.46. The number of unbranched alkanes of at least 4 members (excludes halogenated alkanes) is 4. The van der Waals surface area contributed by atoms with E-state index in [1.807, 2.05) is 18.4 Å². The summed E-state index contributed by atoms with van der Waals surface area (Å²) in [6.07, 6.45) is 4.73. The predicted molar refractivity (Wildman–Crippen MR) is 164 cm³/mol. The number of aliphatic hydroxyl groups is 3. The first kappa shape index (κ1) is 35.3. The first-order valence-electron chi connectivity index (χ1n) is 14.8. The Balaban J connectivity index is 1.27. The van der Waals surface area contributed by atoms with Crippen molar-refractivity contribution in [1.29, 1.82) is 0 Å². The largest absolute Gasteiger partial charge is 0.463 e. The van der Waals surface area contributed by atoms with Crippen LogP contribution in [0.25, 0.3) is 0 Å². The number of carbonyl (C=O) groups excluding carboxylic acids is 4. The fraction of sp³-hybridized carbons (Fsp3) is 0.667. The summed E-state index contributed by atoms with van der Waals surface area (Å²) in [4.78, 5) is 49.1. The highest BCUT2D eigenvalue weighted by Crippen LogP contribution is 2.43. The molecule has 0 aromatic heterocycles. The van der Waals surface area contributed by atoms with Gasteiger partial charge in [0.1, 0.15) is 24.4 Å². The van der Waals surface area contributed by atoms with E-state index in [0.29, 0.717) is 25.7 Å².